The van der Waals surface area contributed by atoms with Crippen LogP contribution in [0, 0.1) is 0 Å². The summed E-state index contributed by atoms with van der Waals surface area (Å²) in [7, 11) is 0. The summed E-state index contributed by atoms with van der Waals surface area (Å²) in [6, 6.07) is 9.89. The predicted octanol–water partition coefficient (Wildman–Crippen LogP) is 3.29. The minimum atomic E-state index is -0.0656. The fourth-order valence-electron chi connectivity index (χ4n) is 4.07. The van der Waals surface area contributed by atoms with Crippen LogP contribution in [0.1, 0.15) is 38.5 Å². The van der Waals surface area contributed by atoms with Crippen LogP contribution in [0.5, 0.6) is 0 Å². The van der Waals surface area contributed by atoms with Crippen molar-refractivity contribution in [2.75, 3.05) is 38.0 Å². The maximum absolute atomic E-state index is 13.0. The van der Waals surface area contributed by atoms with E-state index >= 15 is 0 Å². The number of hydrogen-bond donors (Lipinski definition) is 1. The number of allylic oxidation sites excluding steroid dienone is 2. The molecule has 1 saturated heterocycles. The van der Waals surface area contributed by atoms with Gasteiger partial charge in [-0.1, -0.05) is 24.3 Å². The van der Waals surface area contributed by atoms with Gasteiger partial charge in [-0.05, 0) is 50.7 Å². The molecule has 0 aromatic heterocycles. The number of nitrogens with one attached hydrogen (secondary N) is 1. The zero-order chi connectivity index (χ0) is 19.3. The Hall–Kier alpha value is -2.34. The number of nitrogens with zero attached hydrogens (tertiary/aromatic N) is 3. The van der Waals surface area contributed by atoms with Gasteiger partial charge in [0.15, 0.2) is 0 Å². The number of carbonyl (C=O) groups is 2. The number of amides is 3. The lowest BCUT2D eigenvalue weighted by atomic mass is 10.0. The highest BCUT2D eigenvalue weighted by Crippen LogP contribution is 2.33. The zero-order valence-corrected chi connectivity index (χ0v) is 16.5. The Balaban J connectivity index is 1.27. The third-order valence-corrected chi connectivity index (χ3v) is 5.80. The van der Waals surface area contributed by atoms with Crippen molar-refractivity contribution in [2.45, 2.75) is 44.6 Å². The Bertz CT molecular complexity index is 721. The molecule has 4 rings (SSSR count). The largest absolute Gasteiger partial charge is 0.322 e. The summed E-state index contributed by atoms with van der Waals surface area (Å²) in [4.78, 5) is 31.5. The monoisotopic (exact) mass is 382 g/mol. The Morgan fingerprint density at radius 1 is 1.04 bits per heavy atom. The van der Waals surface area contributed by atoms with Crippen molar-refractivity contribution in [1.82, 2.24) is 14.7 Å². The summed E-state index contributed by atoms with van der Waals surface area (Å²) in [5.74, 6) is 0.234. The molecular formula is C22H30N4O2. The molecule has 0 bridgehead atoms. The first-order chi connectivity index (χ1) is 13.7. The first-order valence-corrected chi connectivity index (χ1v) is 10.5. The van der Waals surface area contributed by atoms with Crippen molar-refractivity contribution < 1.29 is 9.59 Å². The number of benzene rings is 1. The normalized spacial score (nSPS) is 20.4. The second kappa shape index (κ2) is 8.78. The van der Waals surface area contributed by atoms with Gasteiger partial charge in [0, 0.05) is 43.6 Å². The molecule has 3 amide bonds. The molecule has 1 aromatic rings. The van der Waals surface area contributed by atoms with Gasteiger partial charge in [-0.2, -0.15) is 0 Å². The van der Waals surface area contributed by atoms with Gasteiger partial charge < -0.3 is 15.1 Å². The van der Waals surface area contributed by atoms with E-state index in [4.69, 9.17) is 0 Å². The van der Waals surface area contributed by atoms with E-state index in [1.54, 1.807) is 0 Å². The highest BCUT2D eigenvalue weighted by atomic mass is 16.2. The van der Waals surface area contributed by atoms with E-state index in [0.717, 1.165) is 44.5 Å². The Morgan fingerprint density at radius 3 is 2.43 bits per heavy atom. The van der Waals surface area contributed by atoms with Gasteiger partial charge in [0.1, 0.15) is 0 Å². The van der Waals surface area contributed by atoms with Crippen LogP contribution in [0.15, 0.2) is 42.1 Å². The average Bonchev–Trinajstić information content (AvgIpc) is 3.55. The van der Waals surface area contributed by atoms with E-state index in [1.165, 1.54) is 18.5 Å². The molecule has 3 aliphatic rings. The van der Waals surface area contributed by atoms with Gasteiger partial charge in [0.25, 0.3) is 0 Å². The number of piperazine rings is 1. The third-order valence-electron chi connectivity index (χ3n) is 5.80. The first-order valence-electron chi connectivity index (χ1n) is 10.5. The van der Waals surface area contributed by atoms with Crippen molar-refractivity contribution in [2.24, 2.45) is 0 Å². The van der Waals surface area contributed by atoms with Crippen molar-refractivity contribution in [3.05, 3.63) is 42.1 Å². The van der Waals surface area contributed by atoms with Gasteiger partial charge in [0.2, 0.25) is 5.91 Å². The predicted molar refractivity (Wildman–Crippen MR) is 110 cm³/mol. The molecule has 0 unspecified atom stereocenters. The zero-order valence-electron chi connectivity index (χ0n) is 16.5. The van der Waals surface area contributed by atoms with E-state index in [9.17, 15) is 9.59 Å². The van der Waals surface area contributed by atoms with E-state index in [-0.39, 0.29) is 11.9 Å². The fraction of sp³-hybridized carbons (Fsp3) is 0.545. The molecule has 28 heavy (non-hydrogen) atoms. The van der Waals surface area contributed by atoms with Gasteiger partial charge in [-0.15, -0.1) is 0 Å². The van der Waals surface area contributed by atoms with Gasteiger partial charge in [-0.3, -0.25) is 9.69 Å². The van der Waals surface area contributed by atoms with E-state index in [0.29, 0.717) is 25.7 Å². The molecule has 6 nitrogen and oxygen atoms in total. The number of carbonyl (C=O) groups excluding carboxylic acids is 2. The number of para-hydroxylation sites is 1. The van der Waals surface area contributed by atoms with Gasteiger partial charge >= 0.3 is 6.03 Å². The second-order valence-electron chi connectivity index (χ2n) is 8.00. The number of rotatable bonds is 5. The SMILES string of the molecule is O=C(Nc1ccccc1)N1CCN(CC(=O)N(C2=CCCCC2)C2CC2)CC1. The van der Waals surface area contributed by atoms with Crippen LogP contribution >= 0.6 is 0 Å². The van der Waals surface area contributed by atoms with E-state index in [2.05, 4.69) is 21.2 Å². The fourth-order valence-corrected chi connectivity index (χ4v) is 4.07. The highest BCUT2D eigenvalue weighted by molar-refractivity contribution is 5.89. The minimum absolute atomic E-state index is 0.0656. The molecule has 2 fully saturated rings. The summed E-state index contributed by atoms with van der Waals surface area (Å²) in [6.45, 7) is 3.25. The van der Waals surface area contributed by atoms with Crippen LogP contribution in [0.4, 0.5) is 10.5 Å². The summed E-state index contributed by atoms with van der Waals surface area (Å²) >= 11 is 0. The molecule has 2 aliphatic carbocycles. The smallest absolute Gasteiger partial charge is 0.321 e. The highest BCUT2D eigenvalue weighted by Gasteiger charge is 2.36. The van der Waals surface area contributed by atoms with Crippen LogP contribution in [-0.2, 0) is 4.79 Å². The third kappa shape index (κ3) is 4.73. The first kappa shape index (κ1) is 19.0. The van der Waals surface area contributed by atoms with Crippen molar-refractivity contribution in [3.63, 3.8) is 0 Å². The van der Waals surface area contributed by atoms with Crippen molar-refractivity contribution in [3.8, 4) is 0 Å². The van der Waals surface area contributed by atoms with E-state index in [1.807, 2.05) is 35.2 Å². The minimum Gasteiger partial charge on any atom is -0.322 e. The summed E-state index contributed by atoms with van der Waals surface area (Å²) in [6.07, 6.45) is 9.11. The molecule has 0 radical (unpaired) electrons. The second-order valence-corrected chi connectivity index (χ2v) is 8.00. The molecular weight excluding hydrogens is 352 g/mol. The van der Waals surface area contributed by atoms with Crippen LogP contribution in [0.3, 0.4) is 0 Å². The number of hydrogen-bond acceptors (Lipinski definition) is 3. The van der Waals surface area contributed by atoms with Crippen LogP contribution in [-0.4, -0.2) is 65.4 Å². The quantitative estimate of drug-likeness (QED) is 0.850. The molecule has 0 spiro atoms. The summed E-state index contributed by atoms with van der Waals surface area (Å²) in [5.41, 5.74) is 2.06. The maximum Gasteiger partial charge on any atom is 0.321 e. The molecule has 1 aromatic carbocycles. The Morgan fingerprint density at radius 2 is 1.79 bits per heavy atom. The van der Waals surface area contributed by atoms with Crippen LogP contribution < -0.4 is 5.32 Å². The van der Waals surface area contributed by atoms with Crippen LogP contribution in [0.25, 0.3) is 0 Å². The Labute approximate surface area is 167 Å². The summed E-state index contributed by atoms with van der Waals surface area (Å²) in [5, 5.41) is 2.94. The molecule has 0 atom stereocenters. The Kier molecular flexibility index (Phi) is 5.95. The lowest BCUT2D eigenvalue weighted by Gasteiger charge is -2.36. The average molecular weight is 383 g/mol. The molecule has 1 saturated carbocycles. The molecule has 6 heteroatoms. The molecule has 1 heterocycles. The topological polar surface area (TPSA) is 55.9 Å². The maximum atomic E-state index is 13.0. The lowest BCUT2D eigenvalue weighted by molar-refractivity contribution is -0.131. The standard InChI is InChI=1S/C22H30N4O2/c27-21(26(20-11-12-20)19-9-5-2-6-10-19)17-24-13-15-25(16-14-24)22(28)23-18-7-3-1-4-8-18/h1,3-4,7-9,20H,2,5-6,10-17H2,(H,23,28). The van der Waals surface area contributed by atoms with E-state index < -0.39 is 0 Å². The summed E-state index contributed by atoms with van der Waals surface area (Å²) < 4.78 is 0. The molecule has 150 valence electrons. The van der Waals surface area contributed by atoms with Crippen molar-refractivity contribution >= 4 is 17.6 Å². The van der Waals surface area contributed by atoms with Crippen molar-refractivity contribution in [1.29, 1.82) is 0 Å². The van der Waals surface area contributed by atoms with Gasteiger partial charge in [0.05, 0.1) is 6.54 Å². The number of urea groups is 1. The van der Waals surface area contributed by atoms with Gasteiger partial charge in [-0.25, -0.2) is 4.79 Å². The van der Waals surface area contributed by atoms with Crippen LogP contribution in [0.2, 0.25) is 0 Å². The molecule has 1 aliphatic heterocycles. The number of anilines is 1. The lowest BCUT2D eigenvalue weighted by Crippen LogP contribution is -2.52. The molecule has 1 N–H and O–H groups in total.